The molecule has 0 radical (unpaired) electrons. The molecule has 52 heavy (non-hydrogen) atoms. The van der Waals surface area contributed by atoms with Crippen molar-refractivity contribution in [3.05, 3.63) is 164 Å². The van der Waals surface area contributed by atoms with E-state index in [0.29, 0.717) is 29.8 Å². The van der Waals surface area contributed by atoms with Gasteiger partial charge in [0.15, 0.2) is 0 Å². The van der Waals surface area contributed by atoms with E-state index >= 15 is 0 Å². The summed E-state index contributed by atoms with van der Waals surface area (Å²) in [5.41, 5.74) is 6.66. The van der Waals surface area contributed by atoms with Crippen LogP contribution < -0.4 is 10.2 Å². The first kappa shape index (κ1) is 36.1. The summed E-state index contributed by atoms with van der Waals surface area (Å²) in [6.07, 6.45) is 1.32. The zero-order valence-electron chi connectivity index (χ0n) is 29.8. The van der Waals surface area contributed by atoms with Crippen molar-refractivity contribution in [2.24, 2.45) is 0 Å². The Morgan fingerprint density at radius 1 is 0.808 bits per heavy atom. The highest BCUT2D eigenvalue weighted by Gasteiger charge is 2.38. The molecule has 0 aliphatic carbocycles. The number of dihydropyridines is 1. The van der Waals surface area contributed by atoms with Gasteiger partial charge in [-0.05, 0) is 61.1 Å². The molecule has 1 fully saturated rings. The minimum atomic E-state index is -0.891. The molecule has 1 N–H and O–H groups in total. The smallest absolute Gasteiger partial charge is 0.336 e. The Labute approximate surface area is 304 Å². The molecule has 4 aromatic carbocycles. The van der Waals surface area contributed by atoms with Gasteiger partial charge in [-0.1, -0.05) is 84.9 Å². The van der Waals surface area contributed by atoms with Crippen molar-refractivity contribution >= 4 is 23.3 Å². The number of nitrogens with zero attached hydrogens (tertiary/aromatic N) is 3. The second-order valence-electron chi connectivity index (χ2n) is 13.1. The number of nitro benzene ring substituents is 1. The first-order chi connectivity index (χ1) is 25.2. The van der Waals surface area contributed by atoms with Crippen molar-refractivity contribution in [2.75, 3.05) is 44.8 Å². The summed E-state index contributed by atoms with van der Waals surface area (Å²) in [5.74, 6) is -2.11. The molecule has 4 aromatic rings. The number of aryl methyl sites for hydroxylation is 1. The fourth-order valence-electron chi connectivity index (χ4n) is 7.31. The highest BCUT2D eigenvalue weighted by atomic mass is 16.6. The fraction of sp³-hybridized carbons (Fsp3) is 0.286. The maximum absolute atomic E-state index is 13.6. The van der Waals surface area contributed by atoms with Crippen LogP contribution in [-0.2, 0) is 25.5 Å². The predicted molar refractivity (Wildman–Crippen MR) is 201 cm³/mol. The van der Waals surface area contributed by atoms with E-state index in [1.54, 1.807) is 19.9 Å². The van der Waals surface area contributed by atoms with E-state index in [0.717, 1.165) is 31.7 Å². The molecule has 0 saturated carbocycles. The average molecular weight is 701 g/mol. The first-order valence-corrected chi connectivity index (χ1v) is 17.6. The molecular weight excluding hydrogens is 656 g/mol. The van der Waals surface area contributed by atoms with Crippen LogP contribution in [0.3, 0.4) is 0 Å². The Hall–Kier alpha value is -5.74. The topological polar surface area (TPSA) is 114 Å². The Morgan fingerprint density at radius 2 is 1.40 bits per heavy atom. The molecule has 268 valence electrons. The third-order valence-corrected chi connectivity index (χ3v) is 9.85. The van der Waals surface area contributed by atoms with E-state index < -0.39 is 22.8 Å². The Kier molecular flexibility index (Phi) is 11.5. The number of rotatable bonds is 12. The third kappa shape index (κ3) is 8.08. The van der Waals surface area contributed by atoms with Crippen LogP contribution in [0.2, 0.25) is 0 Å². The summed E-state index contributed by atoms with van der Waals surface area (Å²) in [6.45, 7) is 7.36. The van der Waals surface area contributed by atoms with Crippen LogP contribution in [0.4, 0.5) is 11.4 Å². The van der Waals surface area contributed by atoms with Crippen molar-refractivity contribution in [1.29, 1.82) is 0 Å². The van der Waals surface area contributed by atoms with Crippen LogP contribution >= 0.6 is 0 Å². The fourth-order valence-corrected chi connectivity index (χ4v) is 7.31. The standard InChI is InChI=1S/C42H44N4O6/c1-29-37(41(47)51-3)39(34-17-10-18-36(28-34)46(49)50)38(30(2)43-29)42(48)52-27-11-12-31-19-21-35(22-20-31)44-23-25-45(26-24-44)40(32-13-6-4-7-14-32)33-15-8-5-9-16-33/h4-10,13-22,28,39-40,43H,11-12,23-27H2,1-3H3. The van der Waals surface area contributed by atoms with E-state index in [2.05, 4.69) is 100 Å². The minimum Gasteiger partial charge on any atom is -0.466 e. The SMILES string of the molecule is COC(=O)C1=C(C)NC(C)=C(C(=O)OCCCc2ccc(N3CCN(C(c4ccccc4)c4ccccc4)CC3)cc2)C1c1cccc([N+](=O)[O-])c1. The van der Waals surface area contributed by atoms with Crippen molar-refractivity contribution < 1.29 is 24.0 Å². The van der Waals surface area contributed by atoms with Crippen molar-refractivity contribution in [3.63, 3.8) is 0 Å². The van der Waals surface area contributed by atoms with Crippen molar-refractivity contribution in [1.82, 2.24) is 10.2 Å². The molecule has 2 heterocycles. The Morgan fingerprint density at radius 3 is 1.98 bits per heavy atom. The van der Waals surface area contributed by atoms with Gasteiger partial charge in [0.25, 0.3) is 5.69 Å². The number of carbonyl (C=O) groups excluding carboxylic acids is 2. The summed E-state index contributed by atoms with van der Waals surface area (Å²) in [7, 11) is 1.26. The van der Waals surface area contributed by atoms with Crippen LogP contribution in [-0.4, -0.2) is 61.7 Å². The summed E-state index contributed by atoms with van der Waals surface area (Å²) in [6, 6.07) is 36.2. The maximum Gasteiger partial charge on any atom is 0.336 e. The van der Waals surface area contributed by atoms with Gasteiger partial charge in [-0.2, -0.15) is 0 Å². The number of allylic oxidation sites excluding steroid dienone is 2. The number of piperazine rings is 1. The second kappa shape index (κ2) is 16.5. The highest BCUT2D eigenvalue weighted by molar-refractivity contribution is 5.99. The quantitative estimate of drug-likeness (QED) is 0.0716. The zero-order valence-corrected chi connectivity index (χ0v) is 29.8. The molecule has 10 nitrogen and oxygen atoms in total. The molecule has 1 unspecified atom stereocenters. The normalized spacial score (nSPS) is 16.5. The molecule has 2 aliphatic heterocycles. The van der Waals surface area contributed by atoms with E-state index in [1.165, 1.54) is 42.1 Å². The van der Waals surface area contributed by atoms with Gasteiger partial charge in [0.2, 0.25) is 0 Å². The van der Waals surface area contributed by atoms with Gasteiger partial charge in [0, 0.05) is 55.4 Å². The molecule has 0 amide bonds. The third-order valence-electron chi connectivity index (χ3n) is 9.85. The average Bonchev–Trinajstić information content (AvgIpc) is 3.17. The molecule has 10 heteroatoms. The number of esters is 2. The monoisotopic (exact) mass is 700 g/mol. The van der Waals surface area contributed by atoms with Crippen molar-refractivity contribution in [3.8, 4) is 0 Å². The highest BCUT2D eigenvalue weighted by Crippen LogP contribution is 2.40. The lowest BCUT2D eigenvalue weighted by Crippen LogP contribution is -2.48. The number of hydrogen-bond acceptors (Lipinski definition) is 9. The lowest BCUT2D eigenvalue weighted by Gasteiger charge is -2.40. The predicted octanol–water partition coefficient (Wildman–Crippen LogP) is 7.09. The molecule has 1 atom stereocenters. The van der Waals surface area contributed by atoms with Crippen LogP contribution in [0.1, 0.15) is 54.5 Å². The molecule has 0 spiro atoms. The number of benzene rings is 4. The molecule has 1 saturated heterocycles. The van der Waals surface area contributed by atoms with E-state index in [4.69, 9.17) is 9.47 Å². The lowest BCUT2D eigenvalue weighted by molar-refractivity contribution is -0.384. The van der Waals surface area contributed by atoms with Gasteiger partial charge in [0.05, 0.1) is 41.7 Å². The van der Waals surface area contributed by atoms with Gasteiger partial charge in [-0.25, -0.2) is 9.59 Å². The number of methoxy groups -OCH3 is 1. The number of ether oxygens (including phenoxy) is 2. The lowest BCUT2D eigenvalue weighted by atomic mass is 9.80. The zero-order chi connectivity index (χ0) is 36.6. The maximum atomic E-state index is 13.6. The van der Waals surface area contributed by atoms with Gasteiger partial charge < -0.3 is 19.7 Å². The molecule has 0 aromatic heterocycles. The number of carbonyl (C=O) groups is 2. The minimum absolute atomic E-state index is 0.142. The van der Waals surface area contributed by atoms with Gasteiger partial charge in [-0.3, -0.25) is 15.0 Å². The van der Waals surface area contributed by atoms with E-state index in [9.17, 15) is 19.7 Å². The van der Waals surface area contributed by atoms with Gasteiger partial charge in [-0.15, -0.1) is 0 Å². The number of nitrogens with one attached hydrogen (secondary N) is 1. The molecule has 2 aliphatic rings. The van der Waals surface area contributed by atoms with E-state index in [1.807, 2.05) is 0 Å². The number of anilines is 1. The summed E-state index contributed by atoms with van der Waals surface area (Å²) in [4.78, 5) is 42.5. The molecular formula is C42H44N4O6. The van der Waals surface area contributed by atoms with Crippen molar-refractivity contribution in [2.45, 2.75) is 38.6 Å². The van der Waals surface area contributed by atoms with Gasteiger partial charge in [0.1, 0.15) is 0 Å². The van der Waals surface area contributed by atoms with Crippen LogP contribution in [0, 0.1) is 10.1 Å². The van der Waals surface area contributed by atoms with Crippen LogP contribution in [0.15, 0.2) is 132 Å². The second-order valence-corrected chi connectivity index (χ2v) is 13.1. The summed E-state index contributed by atoms with van der Waals surface area (Å²) in [5, 5.41) is 14.6. The largest absolute Gasteiger partial charge is 0.466 e. The van der Waals surface area contributed by atoms with Gasteiger partial charge >= 0.3 is 11.9 Å². The molecule has 6 rings (SSSR count). The molecule has 0 bridgehead atoms. The van der Waals surface area contributed by atoms with E-state index in [-0.39, 0.29) is 29.5 Å². The summed E-state index contributed by atoms with van der Waals surface area (Å²) >= 11 is 0. The van der Waals surface area contributed by atoms with Crippen LogP contribution in [0.5, 0.6) is 0 Å². The Bertz CT molecular complexity index is 1910. The number of hydrogen-bond donors (Lipinski definition) is 1. The number of nitro groups is 1. The number of non-ortho nitro benzene ring substituents is 1. The Balaban J connectivity index is 1.05. The first-order valence-electron chi connectivity index (χ1n) is 17.6. The summed E-state index contributed by atoms with van der Waals surface area (Å²) < 4.78 is 10.8. The van der Waals surface area contributed by atoms with Crippen LogP contribution in [0.25, 0.3) is 0 Å².